The van der Waals surface area contributed by atoms with Crippen LogP contribution in [0.25, 0.3) is 0 Å². The van der Waals surface area contributed by atoms with Crippen molar-refractivity contribution in [3.63, 3.8) is 0 Å². The third-order valence-corrected chi connectivity index (χ3v) is 3.83. The van der Waals surface area contributed by atoms with Gasteiger partial charge < -0.3 is 5.32 Å². The first-order chi connectivity index (χ1) is 6.71. The quantitative estimate of drug-likeness (QED) is 0.738. The summed E-state index contributed by atoms with van der Waals surface area (Å²) in [5, 5.41) is 7.94. The van der Waals surface area contributed by atoms with Crippen LogP contribution in [0.3, 0.4) is 0 Å². The molecule has 1 saturated carbocycles. The standard InChI is InChI=1S/C11H17N3/c1-8-7-13-14-9(11(2)4-5-11)3-6-12-10(8)14/h7,9,12H,3-6H2,1-2H3. The molecule has 1 aromatic heterocycles. The van der Waals surface area contributed by atoms with Crippen LogP contribution in [-0.2, 0) is 0 Å². The van der Waals surface area contributed by atoms with Crippen molar-refractivity contribution in [3.05, 3.63) is 11.8 Å². The lowest BCUT2D eigenvalue weighted by Crippen LogP contribution is -2.28. The van der Waals surface area contributed by atoms with Crippen LogP contribution in [-0.4, -0.2) is 16.3 Å². The zero-order chi connectivity index (χ0) is 9.76. The molecular formula is C11H17N3. The Morgan fingerprint density at radius 3 is 3.07 bits per heavy atom. The summed E-state index contributed by atoms with van der Waals surface area (Å²) in [6.45, 7) is 5.63. The zero-order valence-electron chi connectivity index (χ0n) is 8.88. The van der Waals surface area contributed by atoms with Gasteiger partial charge in [-0.05, 0) is 31.6 Å². The van der Waals surface area contributed by atoms with Crippen molar-refractivity contribution < 1.29 is 0 Å². The van der Waals surface area contributed by atoms with Crippen molar-refractivity contribution in [3.8, 4) is 0 Å². The summed E-state index contributed by atoms with van der Waals surface area (Å²) in [5.41, 5.74) is 1.81. The first-order valence-electron chi connectivity index (χ1n) is 5.49. The van der Waals surface area contributed by atoms with Gasteiger partial charge in [0.05, 0.1) is 12.2 Å². The van der Waals surface area contributed by atoms with Gasteiger partial charge in [0.2, 0.25) is 0 Å². The van der Waals surface area contributed by atoms with E-state index in [1.54, 1.807) is 0 Å². The number of hydrogen-bond donors (Lipinski definition) is 1. The highest BCUT2D eigenvalue weighted by molar-refractivity contribution is 5.45. The maximum Gasteiger partial charge on any atom is 0.127 e. The van der Waals surface area contributed by atoms with Gasteiger partial charge in [-0.25, -0.2) is 4.68 Å². The number of fused-ring (bicyclic) bond motifs is 1. The Balaban J connectivity index is 2.03. The van der Waals surface area contributed by atoms with Gasteiger partial charge in [-0.3, -0.25) is 0 Å². The third kappa shape index (κ3) is 1.01. The minimum Gasteiger partial charge on any atom is -0.370 e. The molecule has 3 nitrogen and oxygen atoms in total. The molecule has 1 aromatic rings. The van der Waals surface area contributed by atoms with Gasteiger partial charge in [-0.1, -0.05) is 6.92 Å². The Kier molecular flexibility index (Phi) is 1.50. The maximum absolute atomic E-state index is 4.50. The molecule has 1 fully saturated rings. The Bertz CT molecular complexity index is 363. The summed E-state index contributed by atoms with van der Waals surface area (Å²) in [5.74, 6) is 1.24. The molecule has 1 N–H and O–H groups in total. The maximum atomic E-state index is 4.50. The number of anilines is 1. The molecule has 0 aromatic carbocycles. The highest BCUT2D eigenvalue weighted by Crippen LogP contribution is 2.56. The molecule has 0 radical (unpaired) electrons. The number of nitrogens with one attached hydrogen (secondary N) is 1. The number of hydrogen-bond acceptors (Lipinski definition) is 2. The average Bonchev–Trinajstić information content (AvgIpc) is 2.83. The highest BCUT2D eigenvalue weighted by Gasteiger charge is 2.47. The van der Waals surface area contributed by atoms with Gasteiger partial charge in [0, 0.05) is 12.1 Å². The topological polar surface area (TPSA) is 29.9 Å². The summed E-state index contributed by atoms with van der Waals surface area (Å²) in [7, 11) is 0. The van der Waals surface area contributed by atoms with Crippen LogP contribution >= 0.6 is 0 Å². The van der Waals surface area contributed by atoms with E-state index in [0.717, 1.165) is 6.54 Å². The average molecular weight is 191 g/mol. The molecule has 2 aliphatic rings. The Labute approximate surface area is 84.5 Å². The van der Waals surface area contributed by atoms with Gasteiger partial charge in [-0.15, -0.1) is 0 Å². The van der Waals surface area contributed by atoms with E-state index in [-0.39, 0.29) is 0 Å². The van der Waals surface area contributed by atoms with E-state index in [1.165, 1.54) is 30.6 Å². The largest absolute Gasteiger partial charge is 0.370 e. The molecule has 14 heavy (non-hydrogen) atoms. The second-order valence-electron chi connectivity index (χ2n) is 5.01. The van der Waals surface area contributed by atoms with Crippen molar-refractivity contribution in [1.82, 2.24) is 9.78 Å². The van der Waals surface area contributed by atoms with Crippen molar-refractivity contribution >= 4 is 5.82 Å². The monoisotopic (exact) mass is 191 g/mol. The predicted octanol–water partition coefficient (Wildman–Crippen LogP) is 2.35. The lowest BCUT2D eigenvalue weighted by atomic mass is 9.95. The molecule has 76 valence electrons. The molecule has 2 heterocycles. The van der Waals surface area contributed by atoms with Gasteiger partial charge in [0.25, 0.3) is 0 Å². The molecule has 1 aliphatic heterocycles. The fraction of sp³-hybridized carbons (Fsp3) is 0.727. The molecule has 3 rings (SSSR count). The van der Waals surface area contributed by atoms with Crippen molar-refractivity contribution in [2.75, 3.05) is 11.9 Å². The first kappa shape index (κ1) is 8.33. The number of aromatic nitrogens is 2. The first-order valence-corrected chi connectivity index (χ1v) is 5.49. The van der Waals surface area contributed by atoms with E-state index in [9.17, 15) is 0 Å². The second kappa shape index (κ2) is 2.53. The van der Waals surface area contributed by atoms with Crippen LogP contribution in [0.2, 0.25) is 0 Å². The molecule has 0 saturated heterocycles. The molecule has 1 unspecified atom stereocenters. The Morgan fingerprint density at radius 2 is 2.36 bits per heavy atom. The van der Waals surface area contributed by atoms with E-state index in [2.05, 4.69) is 28.9 Å². The molecule has 0 amide bonds. The fourth-order valence-electron chi connectivity index (χ4n) is 2.53. The van der Waals surface area contributed by atoms with Crippen molar-refractivity contribution in [1.29, 1.82) is 0 Å². The minimum atomic E-state index is 0.537. The SMILES string of the molecule is Cc1cnn2c1NCCC2C1(C)CC1. The van der Waals surface area contributed by atoms with Gasteiger partial charge in [0.15, 0.2) is 0 Å². The lowest BCUT2D eigenvalue weighted by Gasteiger charge is -2.30. The van der Waals surface area contributed by atoms with Crippen LogP contribution in [0.15, 0.2) is 6.20 Å². The van der Waals surface area contributed by atoms with Gasteiger partial charge >= 0.3 is 0 Å². The number of nitrogens with zero attached hydrogens (tertiary/aromatic N) is 2. The summed E-state index contributed by atoms with van der Waals surface area (Å²) in [6, 6.07) is 0.632. The smallest absolute Gasteiger partial charge is 0.127 e. The summed E-state index contributed by atoms with van der Waals surface area (Å²) in [4.78, 5) is 0. The van der Waals surface area contributed by atoms with Crippen LogP contribution in [0.1, 0.15) is 37.8 Å². The molecule has 0 spiro atoms. The molecule has 1 atom stereocenters. The normalized spacial score (nSPS) is 28.0. The van der Waals surface area contributed by atoms with Crippen LogP contribution in [0, 0.1) is 12.3 Å². The van der Waals surface area contributed by atoms with Crippen LogP contribution in [0.5, 0.6) is 0 Å². The van der Waals surface area contributed by atoms with Crippen molar-refractivity contribution in [2.24, 2.45) is 5.41 Å². The van der Waals surface area contributed by atoms with Gasteiger partial charge in [0.1, 0.15) is 5.82 Å². The molecule has 0 bridgehead atoms. The Hall–Kier alpha value is -0.990. The zero-order valence-corrected chi connectivity index (χ0v) is 8.88. The Morgan fingerprint density at radius 1 is 1.57 bits per heavy atom. The predicted molar refractivity (Wildman–Crippen MR) is 56.4 cm³/mol. The van der Waals surface area contributed by atoms with E-state index in [1.807, 2.05) is 6.20 Å². The van der Waals surface area contributed by atoms with Crippen LogP contribution < -0.4 is 5.32 Å². The second-order valence-corrected chi connectivity index (χ2v) is 5.01. The number of rotatable bonds is 1. The van der Waals surface area contributed by atoms with E-state index in [4.69, 9.17) is 0 Å². The van der Waals surface area contributed by atoms with E-state index in [0.29, 0.717) is 11.5 Å². The van der Waals surface area contributed by atoms with Gasteiger partial charge in [-0.2, -0.15) is 5.10 Å². The molecule has 1 aliphatic carbocycles. The lowest BCUT2D eigenvalue weighted by molar-refractivity contribution is 0.284. The van der Waals surface area contributed by atoms with E-state index >= 15 is 0 Å². The third-order valence-electron chi connectivity index (χ3n) is 3.83. The summed E-state index contributed by atoms with van der Waals surface area (Å²) < 4.78 is 2.21. The summed E-state index contributed by atoms with van der Waals surface area (Å²) >= 11 is 0. The van der Waals surface area contributed by atoms with E-state index < -0.39 is 0 Å². The fourth-order valence-corrected chi connectivity index (χ4v) is 2.53. The highest BCUT2D eigenvalue weighted by atomic mass is 15.4. The number of aryl methyl sites for hydroxylation is 1. The van der Waals surface area contributed by atoms with Crippen molar-refractivity contribution in [2.45, 2.75) is 39.2 Å². The molecular weight excluding hydrogens is 174 g/mol. The minimum absolute atomic E-state index is 0.537. The molecule has 3 heteroatoms. The van der Waals surface area contributed by atoms with Crippen LogP contribution in [0.4, 0.5) is 5.82 Å². The summed E-state index contributed by atoms with van der Waals surface area (Å²) in [6.07, 6.45) is 5.95.